The minimum atomic E-state index is -0.355. The van der Waals surface area contributed by atoms with Crippen molar-refractivity contribution in [1.82, 2.24) is 0 Å². The van der Waals surface area contributed by atoms with E-state index >= 15 is 0 Å². The zero-order valence-electron chi connectivity index (χ0n) is 12.3. The number of halogens is 1. The van der Waals surface area contributed by atoms with E-state index in [4.69, 9.17) is 0 Å². The predicted molar refractivity (Wildman–Crippen MR) is 84.4 cm³/mol. The number of benzene rings is 2. The molecule has 4 heteroatoms. The summed E-state index contributed by atoms with van der Waals surface area (Å²) in [5, 5.41) is 3.25. The zero-order chi connectivity index (χ0) is 15.2. The summed E-state index contributed by atoms with van der Waals surface area (Å²) in [5.41, 5.74) is 2.10. The molecule has 0 unspecified atom stereocenters. The van der Waals surface area contributed by atoms with Crippen LogP contribution < -0.4 is 10.2 Å². The Kier molecular flexibility index (Phi) is 4.93. The lowest BCUT2D eigenvalue weighted by Gasteiger charge is -2.17. The van der Waals surface area contributed by atoms with Crippen molar-refractivity contribution >= 4 is 17.3 Å². The molecule has 0 aliphatic heterocycles. The first-order chi connectivity index (χ1) is 10.1. The van der Waals surface area contributed by atoms with E-state index in [-0.39, 0.29) is 11.7 Å². The maximum atomic E-state index is 13.2. The fraction of sp³-hybridized carbons (Fsp3) is 0.235. The van der Waals surface area contributed by atoms with Gasteiger partial charge in [0.25, 0.3) is 5.91 Å². The van der Waals surface area contributed by atoms with Gasteiger partial charge in [-0.1, -0.05) is 13.0 Å². The Balaban J connectivity index is 2.12. The Morgan fingerprint density at radius 3 is 2.52 bits per heavy atom. The van der Waals surface area contributed by atoms with Gasteiger partial charge in [0.15, 0.2) is 0 Å². The van der Waals surface area contributed by atoms with Gasteiger partial charge < -0.3 is 10.2 Å². The second-order valence-corrected chi connectivity index (χ2v) is 4.85. The van der Waals surface area contributed by atoms with Gasteiger partial charge in [-0.2, -0.15) is 0 Å². The van der Waals surface area contributed by atoms with Crippen molar-refractivity contribution < 1.29 is 9.18 Å². The summed E-state index contributed by atoms with van der Waals surface area (Å²) in [6, 6.07) is 13.3. The summed E-state index contributed by atoms with van der Waals surface area (Å²) >= 11 is 0. The van der Waals surface area contributed by atoms with Gasteiger partial charge >= 0.3 is 0 Å². The molecule has 0 bridgehead atoms. The van der Waals surface area contributed by atoms with Crippen molar-refractivity contribution in [3.05, 3.63) is 59.9 Å². The molecule has 1 N–H and O–H groups in total. The topological polar surface area (TPSA) is 32.3 Å². The summed E-state index contributed by atoms with van der Waals surface area (Å²) in [4.78, 5) is 13.8. The maximum Gasteiger partial charge on any atom is 0.258 e. The molecule has 0 saturated carbocycles. The minimum absolute atomic E-state index is 0.164. The lowest BCUT2D eigenvalue weighted by atomic mass is 10.1. The summed E-state index contributed by atoms with van der Waals surface area (Å²) < 4.78 is 13.2. The molecule has 0 saturated heterocycles. The van der Waals surface area contributed by atoms with Crippen molar-refractivity contribution in [2.45, 2.75) is 13.3 Å². The van der Waals surface area contributed by atoms with Crippen molar-refractivity contribution in [3.8, 4) is 0 Å². The van der Waals surface area contributed by atoms with E-state index < -0.39 is 0 Å². The molecule has 0 aliphatic rings. The van der Waals surface area contributed by atoms with E-state index in [9.17, 15) is 9.18 Å². The molecule has 0 atom stereocenters. The van der Waals surface area contributed by atoms with Crippen molar-refractivity contribution in [2.24, 2.45) is 0 Å². The van der Waals surface area contributed by atoms with Crippen LogP contribution in [0.25, 0.3) is 0 Å². The van der Waals surface area contributed by atoms with Crippen LogP contribution in [0.2, 0.25) is 0 Å². The molecule has 2 rings (SSSR count). The standard InChI is InChI=1S/C17H19FN2O/c1-3-11-19-15-9-7-13(8-10-15)17(21)20(2)16-6-4-5-14(18)12-16/h4-10,12,19H,3,11H2,1-2H3. The molecule has 0 aromatic heterocycles. The molecule has 0 fully saturated rings. The number of carbonyl (C=O) groups excluding carboxylic acids is 1. The highest BCUT2D eigenvalue weighted by atomic mass is 19.1. The van der Waals surface area contributed by atoms with E-state index in [1.54, 1.807) is 31.3 Å². The average Bonchev–Trinajstić information content (AvgIpc) is 2.52. The molecule has 0 radical (unpaired) electrons. The van der Waals surface area contributed by atoms with Crippen LogP contribution in [0.15, 0.2) is 48.5 Å². The number of hydrogen-bond acceptors (Lipinski definition) is 2. The predicted octanol–water partition coefficient (Wildman–Crippen LogP) is 3.92. The van der Waals surface area contributed by atoms with Gasteiger partial charge in [-0.3, -0.25) is 4.79 Å². The number of nitrogens with one attached hydrogen (secondary N) is 1. The van der Waals surface area contributed by atoms with Crippen LogP contribution in [0.5, 0.6) is 0 Å². The fourth-order valence-corrected chi connectivity index (χ4v) is 2.00. The number of nitrogens with zero attached hydrogens (tertiary/aromatic N) is 1. The van der Waals surface area contributed by atoms with Gasteiger partial charge in [0.2, 0.25) is 0 Å². The Labute approximate surface area is 124 Å². The van der Waals surface area contributed by atoms with E-state index in [1.807, 2.05) is 12.1 Å². The minimum Gasteiger partial charge on any atom is -0.385 e. The second-order valence-electron chi connectivity index (χ2n) is 4.85. The number of anilines is 2. The average molecular weight is 286 g/mol. The van der Waals surface area contributed by atoms with Crippen LogP contribution in [0.3, 0.4) is 0 Å². The zero-order valence-corrected chi connectivity index (χ0v) is 12.3. The summed E-state index contributed by atoms with van der Waals surface area (Å²) in [6.45, 7) is 3.00. The van der Waals surface area contributed by atoms with Crippen LogP contribution in [0, 0.1) is 5.82 Å². The van der Waals surface area contributed by atoms with Crippen molar-refractivity contribution in [2.75, 3.05) is 23.8 Å². The Hall–Kier alpha value is -2.36. The molecular weight excluding hydrogens is 267 g/mol. The Morgan fingerprint density at radius 2 is 1.90 bits per heavy atom. The van der Waals surface area contributed by atoms with Crippen LogP contribution >= 0.6 is 0 Å². The molecule has 0 aliphatic carbocycles. The van der Waals surface area contributed by atoms with E-state index in [2.05, 4.69) is 12.2 Å². The molecule has 110 valence electrons. The summed E-state index contributed by atoms with van der Waals surface area (Å²) in [6.07, 6.45) is 1.04. The van der Waals surface area contributed by atoms with Gasteiger partial charge in [-0.05, 0) is 48.9 Å². The monoisotopic (exact) mass is 286 g/mol. The highest BCUT2D eigenvalue weighted by Crippen LogP contribution is 2.18. The number of amides is 1. The van der Waals surface area contributed by atoms with Gasteiger partial charge in [0.1, 0.15) is 5.82 Å². The number of carbonyl (C=O) groups is 1. The molecule has 21 heavy (non-hydrogen) atoms. The summed E-state index contributed by atoms with van der Waals surface area (Å²) in [5.74, 6) is -0.520. The third-order valence-corrected chi connectivity index (χ3v) is 3.21. The lowest BCUT2D eigenvalue weighted by Crippen LogP contribution is -2.26. The lowest BCUT2D eigenvalue weighted by molar-refractivity contribution is 0.0993. The number of rotatable bonds is 5. The third-order valence-electron chi connectivity index (χ3n) is 3.21. The van der Waals surface area contributed by atoms with E-state index in [1.165, 1.54) is 17.0 Å². The largest absolute Gasteiger partial charge is 0.385 e. The molecular formula is C17H19FN2O. The van der Waals surface area contributed by atoms with E-state index in [0.717, 1.165) is 18.7 Å². The van der Waals surface area contributed by atoms with Gasteiger partial charge in [-0.25, -0.2) is 4.39 Å². The quantitative estimate of drug-likeness (QED) is 0.903. The number of hydrogen-bond donors (Lipinski definition) is 1. The normalized spacial score (nSPS) is 10.2. The fourth-order valence-electron chi connectivity index (χ4n) is 2.00. The third kappa shape index (κ3) is 3.81. The maximum absolute atomic E-state index is 13.2. The van der Waals surface area contributed by atoms with Crippen LogP contribution in [0.4, 0.5) is 15.8 Å². The van der Waals surface area contributed by atoms with Crippen molar-refractivity contribution in [1.29, 1.82) is 0 Å². The SMILES string of the molecule is CCCNc1ccc(C(=O)N(C)c2cccc(F)c2)cc1. The highest BCUT2D eigenvalue weighted by Gasteiger charge is 2.13. The second kappa shape index (κ2) is 6.88. The van der Waals surface area contributed by atoms with Crippen LogP contribution in [-0.4, -0.2) is 19.5 Å². The van der Waals surface area contributed by atoms with Gasteiger partial charge in [0, 0.05) is 30.5 Å². The Bertz CT molecular complexity index is 610. The van der Waals surface area contributed by atoms with Crippen molar-refractivity contribution in [3.63, 3.8) is 0 Å². The first kappa shape index (κ1) is 15.0. The van der Waals surface area contributed by atoms with Gasteiger partial charge in [0.05, 0.1) is 0 Å². The van der Waals surface area contributed by atoms with E-state index in [0.29, 0.717) is 11.3 Å². The molecule has 0 spiro atoms. The van der Waals surface area contributed by atoms with Crippen LogP contribution in [-0.2, 0) is 0 Å². The summed E-state index contributed by atoms with van der Waals surface area (Å²) in [7, 11) is 1.64. The molecule has 0 heterocycles. The molecule has 2 aromatic rings. The molecule has 1 amide bonds. The first-order valence-electron chi connectivity index (χ1n) is 6.99. The Morgan fingerprint density at radius 1 is 1.19 bits per heavy atom. The highest BCUT2D eigenvalue weighted by molar-refractivity contribution is 6.05. The first-order valence-corrected chi connectivity index (χ1v) is 6.99. The smallest absolute Gasteiger partial charge is 0.258 e. The molecule has 2 aromatic carbocycles. The molecule has 3 nitrogen and oxygen atoms in total. The van der Waals surface area contributed by atoms with Gasteiger partial charge in [-0.15, -0.1) is 0 Å². The van der Waals surface area contributed by atoms with Crippen LogP contribution in [0.1, 0.15) is 23.7 Å².